The topological polar surface area (TPSA) is 56.8 Å². The Morgan fingerprint density at radius 3 is 2.52 bits per heavy atom. The van der Waals surface area contributed by atoms with Crippen LogP contribution in [0.4, 0.5) is 18.0 Å². The molecule has 1 aromatic carbocycles. The standard InChI is InChI=1S/C20H19F3N4O2/c21-20(22,23)16-5-3-15(4-6-16)18(28)25-8-9-27-17(12-25)13-26(19(27)29)11-14-2-1-7-24-10-14/h1-7,10,17H,8-9,11-13H2. The molecule has 2 aromatic rings. The van der Waals surface area contributed by atoms with Gasteiger partial charge in [-0.05, 0) is 35.9 Å². The van der Waals surface area contributed by atoms with Gasteiger partial charge < -0.3 is 14.7 Å². The number of carbonyl (C=O) groups is 2. The molecule has 0 saturated carbocycles. The highest BCUT2D eigenvalue weighted by Crippen LogP contribution is 2.29. The van der Waals surface area contributed by atoms with Crippen LogP contribution in [0.5, 0.6) is 0 Å². The van der Waals surface area contributed by atoms with Gasteiger partial charge in [-0.1, -0.05) is 6.07 Å². The van der Waals surface area contributed by atoms with E-state index >= 15 is 0 Å². The van der Waals surface area contributed by atoms with E-state index in [9.17, 15) is 22.8 Å². The number of aromatic nitrogens is 1. The van der Waals surface area contributed by atoms with Gasteiger partial charge in [0, 0.05) is 50.7 Å². The molecule has 9 heteroatoms. The number of halogens is 3. The molecule has 0 N–H and O–H groups in total. The van der Waals surface area contributed by atoms with Gasteiger partial charge in [0.15, 0.2) is 0 Å². The van der Waals surface area contributed by atoms with E-state index in [1.54, 1.807) is 27.1 Å². The second kappa shape index (κ2) is 7.38. The van der Waals surface area contributed by atoms with Gasteiger partial charge >= 0.3 is 12.2 Å². The van der Waals surface area contributed by atoms with E-state index in [0.717, 1.165) is 17.7 Å². The van der Waals surface area contributed by atoms with E-state index in [0.29, 0.717) is 32.7 Å². The van der Waals surface area contributed by atoms with Gasteiger partial charge in [0.1, 0.15) is 0 Å². The van der Waals surface area contributed by atoms with Crippen molar-refractivity contribution in [2.45, 2.75) is 18.8 Å². The lowest BCUT2D eigenvalue weighted by atomic mass is 10.1. The number of amides is 3. The van der Waals surface area contributed by atoms with Crippen LogP contribution in [0.1, 0.15) is 21.5 Å². The van der Waals surface area contributed by atoms with Crippen LogP contribution in [-0.2, 0) is 12.7 Å². The molecule has 4 rings (SSSR count). The molecular weight excluding hydrogens is 385 g/mol. The molecule has 152 valence electrons. The van der Waals surface area contributed by atoms with Gasteiger partial charge in [0.25, 0.3) is 5.91 Å². The Morgan fingerprint density at radius 2 is 1.86 bits per heavy atom. The predicted molar refractivity (Wildman–Crippen MR) is 97.9 cm³/mol. The van der Waals surface area contributed by atoms with Gasteiger partial charge in [0.2, 0.25) is 0 Å². The lowest BCUT2D eigenvalue weighted by Gasteiger charge is -2.36. The highest BCUT2D eigenvalue weighted by molar-refractivity contribution is 5.94. The monoisotopic (exact) mass is 404 g/mol. The average molecular weight is 404 g/mol. The van der Waals surface area contributed by atoms with Crippen molar-refractivity contribution in [3.63, 3.8) is 0 Å². The van der Waals surface area contributed by atoms with E-state index in [1.807, 2.05) is 12.1 Å². The van der Waals surface area contributed by atoms with E-state index in [2.05, 4.69) is 4.98 Å². The van der Waals surface area contributed by atoms with Crippen molar-refractivity contribution in [3.05, 3.63) is 65.5 Å². The summed E-state index contributed by atoms with van der Waals surface area (Å²) in [6, 6.07) is 7.74. The number of pyridine rings is 1. The lowest BCUT2D eigenvalue weighted by molar-refractivity contribution is -0.137. The molecule has 3 heterocycles. The lowest BCUT2D eigenvalue weighted by Crippen LogP contribution is -2.53. The number of piperazine rings is 1. The first kappa shape index (κ1) is 19.2. The summed E-state index contributed by atoms with van der Waals surface area (Å²) in [5.41, 5.74) is 0.354. The summed E-state index contributed by atoms with van der Waals surface area (Å²) in [5, 5.41) is 0. The molecule has 2 aliphatic heterocycles. The fourth-order valence-electron chi connectivity index (χ4n) is 3.79. The van der Waals surface area contributed by atoms with E-state index in [1.165, 1.54) is 12.1 Å². The summed E-state index contributed by atoms with van der Waals surface area (Å²) in [5.74, 6) is -0.323. The highest BCUT2D eigenvalue weighted by atomic mass is 19.4. The number of urea groups is 1. The van der Waals surface area contributed by atoms with Gasteiger partial charge in [0.05, 0.1) is 11.6 Å². The zero-order valence-electron chi connectivity index (χ0n) is 15.5. The van der Waals surface area contributed by atoms with Crippen LogP contribution < -0.4 is 0 Å². The maximum absolute atomic E-state index is 12.7. The quantitative estimate of drug-likeness (QED) is 0.791. The van der Waals surface area contributed by atoms with Crippen molar-refractivity contribution < 1.29 is 22.8 Å². The smallest absolute Gasteiger partial charge is 0.335 e. The molecule has 2 fully saturated rings. The van der Waals surface area contributed by atoms with Crippen molar-refractivity contribution >= 4 is 11.9 Å². The zero-order valence-corrected chi connectivity index (χ0v) is 15.5. The summed E-state index contributed by atoms with van der Waals surface area (Å²) < 4.78 is 38.1. The average Bonchev–Trinajstić information content (AvgIpc) is 3.02. The minimum Gasteiger partial charge on any atom is -0.335 e. The SMILES string of the molecule is O=C(c1ccc(C(F)(F)F)cc1)N1CCN2C(=O)N(Cc3cccnc3)CC2C1. The first-order valence-electron chi connectivity index (χ1n) is 9.24. The van der Waals surface area contributed by atoms with Crippen LogP contribution in [-0.4, -0.2) is 63.8 Å². The molecular formula is C20H19F3N4O2. The zero-order chi connectivity index (χ0) is 20.6. The first-order valence-corrected chi connectivity index (χ1v) is 9.24. The summed E-state index contributed by atoms with van der Waals surface area (Å²) in [6.07, 6.45) is -1.05. The van der Waals surface area contributed by atoms with E-state index in [-0.39, 0.29) is 23.5 Å². The Morgan fingerprint density at radius 1 is 1.10 bits per heavy atom. The third kappa shape index (κ3) is 3.90. The van der Waals surface area contributed by atoms with Crippen LogP contribution in [0, 0.1) is 0 Å². The van der Waals surface area contributed by atoms with Crippen molar-refractivity contribution in [3.8, 4) is 0 Å². The highest BCUT2D eigenvalue weighted by Gasteiger charge is 2.41. The normalized spacial score (nSPS) is 19.5. The number of hydrogen-bond donors (Lipinski definition) is 0. The van der Waals surface area contributed by atoms with Gasteiger partial charge in [-0.2, -0.15) is 13.2 Å². The third-order valence-corrected chi connectivity index (χ3v) is 5.27. The van der Waals surface area contributed by atoms with Crippen LogP contribution in [0.3, 0.4) is 0 Å². The molecule has 0 aliphatic carbocycles. The summed E-state index contributed by atoms with van der Waals surface area (Å²) in [4.78, 5) is 34.5. The number of rotatable bonds is 3. The summed E-state index contributed by atoms with van der Waals surface area (Å²) in [6.45, 7) is 2.05. The fourth-order valence-corrected chi connectivity index (χ4v) is 3.79. The molecule has 1 unspecified atom stereocenters. The molecule has 3 amide bonds. The summed E-state index contributed by atoms with van der Waals surface area (Å²) in [7, 11) is 0. The molecule has 2 saturated heterocycles. The number of nitrogens with zero attached hydrogens (tertiary/aromatic N) is 4. The Balaban J connectivity index is 1.42. The maximum atomic E-state index is 12.7. The Kier molecular flexibility index (Phi) is 4.89. The van der Waals surface area contributed by atoms with Crippen LogP contribution in [0.25, 0.3) is 0 Å². The second-order valence-corrected chi connectivity index (χ2v) is 7.20. The molecule has 29 heavy (non-hydrogen) atoms. The number of alkyl halides is 3. The number of hydrogen-bond acceptors (Lipinski definition) is 3. The van der Waals surface area contributed by atoms with Crippen molar-refractivity contribution in [1.29, 1.82) is 0 Å². The molecule has 0 spiro atoms. The molecule has 6 nitrogen and oxygen atoms in total. The summed E-state index contributed by atoms with van der Waals surface area (Å²) >= 11 is 0. The largest absolute Gasteiger partial charge is 0.416 e. The molecule has 0 radical (unpaired) electrons. The Bertz CT molecular complexity index is 902. The number of benzene rings is 1. The van der Waals surface area contributed by atoms with Crippen molar-refractivity contribution in [2.24, 2.45) is 0 Å². The number of carbonyl (C=O) groups excluding carboxylic acids is 2. The minimum atomic E-state index is -4.44. The third-order valence-electron chi connectivity index (χ3n) is 5.27. The molecule has 2 aliphatic rings. The predicted octanol–water partition coefficient (Wildman–Crippen LogP) is 2.86. The molecule has 0 bridgehead atoms. The van der Waals surface area contributed by atoms with Gasteiger partial charge in [-0.3, -0.25) is 9.78 Å². The minimum absolute atomic E-state index is 0.0690. The van der Waals surface area contributed by atoms with E-state index in [4.69, 9.17) is 0 Å². The maximum Gasteiger partial charge on any atom is 0.416 e. The first-order chi connectivity index (χ1) is 13.8. The second-order valence-electron chi connectivity index (χ2n) is 7.20. The van der Waals surface area contributed by atoms with E-state index < -0.39 is 11.7 Å². The van der Waals surface area contributed by atoms with Gasteiger partial charge in [-0.15, -0.1) is 0 Å². The fraction of sp³-hybridized carbons (Fsp3) is 0.350. The number of fused-ring (bicyclic) bond motifs is 1. The van der Waals surface area contributed by atoms with Crippen molar-refractivity contribution in [1.82, 2.24) is 19.7 Å². The van der Waals surface area contributed by atoms with Crippen LogP contribution >= 0.6 is 0 Å². The Labute approximate surface area is 165 Å². The Hall–Kier alpha value is -3.10. The van der Waals surface area contributed by atoms with Crippen LogP contribution in [0.2, 0.25) is 0 Å². The van der Waals surface area contributed by atoms with Crippen LogP contribution in [0.15, 0.2) is 48.8 Å². The van der Waals surface area contributed by atoms with Gasteiger partial charge in [-0.25, -0.2) is 4.79 Å². The van der Waals surface area contributed by atoms with Crippen molar-refractivity contribution in [2.75, 3.05) is 26.2 Å². The molecule has 1 atom stereocenters. The molecule has 1 aromatic heterocycles.